The van der Waals surface area contributed by atoms with Gasteiger partial charge in [0.1, 0.15) is 0 Å². The Labute approximate surface area is 169 Å². The summed E-state index contributed by atoms with van der Waals surface area (Å²) in [6.45, 7) is 4.26. The van der Waals surface area contributed by atoms with Gasteiger partial charge in [-0.3, -0.25) is 14.4 Å². The van der Waals surface area contributed by atoms with Gasteiger partial charge in [0.2, 0.25) is 5.91 Å². The molecule has 0 bridgehead atoms. The molecule has 1 fully saturated rings. The molecule has 1 heterocycles. The smallest absolute Gasteiger partial charge is 0.311 e. The van der Waals surface area contributed by atoms with Crippen molar-refractivity contribution >= 4 is 41.0 Å². The highest BCUT2D eigenvalue weighted by atomic mass is 35.5. The summed E-state index contributed by atoms with van der Waals surface area (Å²) >= 11 is 11.9. The zero-order valence-electron chi connectivity index (χ0n) is 15.5. The van der Waals surface area contributed by atoms with Crippen molar-refractivity contribution in [2.75, 3.05) is 19.7 Å². The highest BCUT2D eigenvalue weighted by molar-refractivity contribution is 6.42. The minimum atomic E-state index is -0.444. The summed E-state index contributed by atoms with van der Waals surface area (Å²) in [4.78, 5) is 37.8. The second-order valence-corrected chi connectivity index (χ2v) is 7.42. The molecule has 0 saturated carbocycles. The van der Waals surface area contributed by atoms with Crippen LogP contribution in [0, 0.1) is 5.92 Å². The average molecular weight is 415 g/mol. The normalized spacial score (nSPS) is 17.9. The van der Waals surface area contributed by atoms with E-state index in [0.29, 0.717) is 36.0 Å². The van der Waals surface area contributed by atoms with Crippen LogP contribution in [0.2, 0.25) is 10.0 Å². The van der Waals surface area contributed by atoms with Crippen LogP contribution in [-0.4, -0.2) is 42.4 Å². The summed E-state index contributed by atoms with van der Waals surface area (Å²) in [5, 5.41) is 3.60. The molecule has 1 aromatic rings. The van der Waals surface area contributed by atoms with Gasteiger partial charge < -0.3 is 15.0 Å². The van der Waals surface area contributed by atoms with Crippen LogP contribution in [-0.2, 0) is 19.1 Å². The molecule has 0 spiro atoms. The van der Waals surface area contributed by atoms with Crippen LogP contribution in [0.5, 0.6) is 0 Å². The number of nitrogens with zero attached hydrogens (tertiary/aromatic N) is 1. The number of ether oxygens (including phenoxy) is 1. The molecule has 1 saturated heterocycles. The van der Waals surface area contributed by atoms with Crippen molar-refractivity contribution in [3.63, 3.8) is 0 Å². The number of halogens is 2. The standard InChI is InChI=1S/C19H24Cl2N2O4/c1-3-18(25)23-8-4-5-14(10-23)19(26)27-11-17(24)22-12(2)13-6-7-15(20)16(21)9-13/h6-7,9,12,14H,3-5,8,10-11H2,1-2H3,(H,22,24). The first-order valence-corrected chi connectivity index (χ1v) is 9.76. The third-order valence-corrected chi connectivity index (χ3v) is 5.32. The van der Waals surface area contributed by atoms with E-state index < -0.39 is 11.9 Å². The predicted octanol–water partition coefficient (Wildman–Crippen LogP) is 3.36. The van der Waals surface area contributed by atoms with Crippen LogP contribution in [0.3, 0.4) is 0 Å². The number of hydrogen-bond donors (Lipinski definition) is 1. The Balaban J connectivity index is 1.81. The largest absolute Gasteiger partial charge is 0.455 e. The first-order valence-electron chi connectivity index (χ1n) is 9.00. The molecule has 0 radical (unpaired) electrons. The summed E-state index contributed by atoms with van der Waals surface area (Å²) in [6, 6.07) is 4.81. The van der Waals surface area contributed by atoms with Crippen molar-refractivity contribution in [2.24, 2.45) is 5.92 Å². The van der Waals surface area contributed by atoms with Crippen LogP contribution < -0.4 is 5.32 Å². The molecule has 0 aliphatic carbocycles. The summed E-state index contributed by atoms with van der Waals surface area (Å²) < 4.78 is 5.15. The summed E-state index contributed by atoms with van der Waals surface area (Å²) in [5.74, 6) is -1.20. The Hall–Kier alpha value is -1.79. The lowest BCUT2D eigenvalue weighted by Gasteiger charge is -2.31. The third kappa shape index (κ3) is 6.11. The zero-order chi connectivity index (χ0) is 20.0. The predicted molar refractivity (Wildman–Crippen MR) is 104 cm³/mol. The van der Waals surface area contributed by atoms with Gasteiger partial charge in [0.25, 0.3) is 5.91 Å². The maximum Gasteiger partial charge on any atom is 0.311 e. The van der Waals surface area contributed by atoms with Gasteiger partial charge in [0, 0.05) is 19.5 Å². The van der Waals surface area contributed by atoms with Gasteiger partial charge in [-0.2, -0.15) is 0 Å². The number of amides is 2. The topological polar surface area (TPSA) is 75.7 Å². The quantitative estimate of drug-likeness (QED) is 0.723. The molecule has 6 nitrogen and oxygen atoms in total. The van der Waals surface area contributed by atoms with E-state index in [1.165, 1.54) is 0 Å². The minimum Gasteiger partial charge on any atom is -0.455 e. The summed E-state index contributed by atoms with van der Waals surface area (Å²) in [5.41, 5.74) is 0.796. The average Bonchev–Trinajstić information content (AvgIpc) is 2.67. The van der Waals surface area contributed by atoms with Crippen LogP contribution in [0.25, 0.3) is 0 Å². The van der Waals surface area contributed by atoms with E-state index in [1.807, 2.05) is 0 Å². The van der Waals surface area contributed by atoms with E-state index in [0.717, 1.165) is 12.0 Å². The fourth-order valence-corrected chi connectivity index (χ4v) is 3.33. The first-order chi connectivity index (χ1) is 12.8. The van der Waals surface area contributed by atoms with Crippen molar-refractivity contribution < 1.29 is 19.1 Å². The van der Waals surface area contributed by atoms with Gasteiger partial charge in [-0.05, 0) is 37.5 Å². The second-order valence-electron chi connectivity index (χ2n) is 6.60. The molecule has 8 heteroatoms. The molecule has 2 amide bonds. The third-order valence-electron chi connectivity index (χ3n) is 4.58. The lowest BCUT2D eigenvalue weighted by atomic mass is 9.98. The van der Waals surface area contributed by atoms with Crippen LogP contribution in [0.15, 0.2) is 18.2 Å². The van der Waals surface area contributed by atoms with Crippen LogP contribution >= 0.6 is 23.2 Å². The fraction of sp³-hybridized carbons (Fsp3) is 0.526. The molecule has 1 N–H and O–H groups in total. The van der Waals surface area contributed by atoms with Crippen LogP contribution in [0.4, 0.5) is 0 Å². The molecule has 1 aromatic carbocycles. The number of piperidine rings is 1. The van der Waals surface area contributed by atoms with Gasteiger partial charge in [0.05, 0.1) is 22.0 Å². The van der Waals surface area contributed by atoms with Gasteiger partial charge in [-0.25, -0.2) is 0 Å². The van der Waals surface area contributed by atoms with E-state index in [-0.39, 0.29) is 24.5 Å². The zero-order valence-corrected chi connectivity index (χ0v) is 17.0. The number of likely N-dealkylation sites (tertiary alicyclic amines) is 1. The number of esters is 1. The monoisotopic (exact) mass is 414 g/mol. The maximum atomic E-state index is 12.2. The van der Waals surface area contributed by atoms with E-state index in [1.54, 1.807) is 36.9 Å². The Morgan fingerprint density at radius 2 is 2.04 bits per heavy atom. The Morgan fingerprint density at radius 3 is 2.70 bits per heavy atom. The summed E-state index contributed by atoms with van der Waals surface area (Å²) in [6.07, 6.45) is 1.83. The van der Waals surface area contributed by atoms with Crippen molar-refractivity contribution in [3.05, 3.63) is 33.8 Å². The van der Waals surface area contributed by atoms with E-state index in [9.17, 15) is 14.4 Å². The molecule has 1 aliphatic heterocycles. The highest BCUT2D eigenvalue weighted by Gasteiger charge is 2.29. The molecular weight excluding hydrogens is 391 g/mol. The van der Waals surface area contributed by atoms with Crippen molar-refractivity contribution in [3.8, 4) is 0 Å². The Morgan fingerprint density at radius 1 is 1.30 bits per heavy atom. The number of carbonyl (C=O) groups is 3. The number of hydrogen-bond acceptors (Lipinski definition) is 4. The van der Waals surface area contributed by atoms with E-state index in [4.69, 9.17) is 27.9 Å². The second kappa shape index (κ2) is 9.95. The lowest BCUT2D eigenvalue weighted by molar-refractivity contribution is -0.155. The van der Waals surface area contributed by atoms with Crippen LogP contribution in [0.1, 0.15) is 44.7 Å². The fourth-order valence-electron chi connectivity index (χ4n) is 3.02. The van der Waals surface area contributed by atoms with Crippen molar-refractivity contribution in [2.45, 2.75) is 39.2 Å². The highest BCUT2D eigenvalue weighted by Crippen LogP contribution is 2.25. The SMILES string of the molecule is CCC(=O)N1CCCC(C(=O)OCC(=O)NC(C)c2ccc(Cl)c(Cl)c2)C1. The van der Waals surface area contributed by atoms with E-state index in [2.05, 4.69) is 5.32 Å². The number of benzene rings is 1. The van der Waals surface area contributed by atoms with Crippen molar-refractivity contribution in [1.29, 1.82) is 0 Å². The van der Waals surface area contributed by atoms with Crippen molar-refractivity contribution in [1.82, 2.24) is 10.2 Å². The molecule has 2 rings (SSSR count). The molecule has 2 unspecified atom stereocenters. The van der Waals surface area contributed by atoms with Gasteiger partial charge in [0.15, 0.2) is 6.61 Å². The van der Waals surface area contributed by atoms with E-state index >= 15 is 0 Å². The molecule has 2 atom stereocenters. The minimum absolute atomic E-state index is 0.0284. The molecular formula is C19H24Cl2N2O4. The molecule has 27 heavy (non-hydrogen) atoms. The number of rotatable bonds is 6. The Kier molecular flexibility index (Phi) is 7.92. The lowest BCUT2D eigenvalue weighted by Crippen LogP contribution is -2.43. The Bertz CT molecular complexity index is 711. The molecule has 1 aliphatic rings. The van der Waals surface area contributed by atoms with Gasteiger partial charge in [-0.1, -0.05) is 36.2 Å². The number of carbonyl (C=O) groups excluding carboxylic acids is 3. The maximum absolute atomic E-state index is 12.2. The summed E-state index contributed by atoms with van der Waals surface area (Å²) in [7, 11) is 0. The molecule has 148 valence electrons. The first kappa shape index (κ1) is 21.5. The molecule has 0 aromatic heterocycles. The van der Waals surface area contributed by atoms with Gasteiger partial charge >= 0.3 is 5.97 Å². The number of nitrogens with one attached hydrogen (secondary N) is 1. The van der Waals surface area contributed by atoms with Gasteiger partial charge in [-0.15, -0.1) is 0 Å².